The van der Waals surface area contributed by atoms with Crippen molar-refractivity contribution in [1.82, 2.24) is 19.8 Å². The number of aryl methyl sites for hydroxylation is 1. The molecule has 0 bridgehead atoms. The van der Waals surface area contributed by atoms with E-state index in [1.54, 1.807) is 17.0 Å². The van der Waals surface area contributed by atoms with Crippen LogP contribution in [0.5, 0.6) is 0 Å². The Hall–Kier alpha value is -3.72. The Bertz CT molecular complexity index is 1190. The molecule has 1 aliphatic heterocycles. The van der Waals surface area contributed by atoms with Crippen LogP contribution in [0.3, 0.4) is 0 Å². The van der Waals surface area contributed by atoms with Gasteiger partial charge in [-0.25, -0.2) is 9.37 Å². The molecule has 0 spiro atoms. The Labute approximate surface area is 204 Å². The highest BCUT2D eigenvalue weighted by atomic mass is 19.1. The number of nitrogens with two attached hydrogens (primary N) is 1. The van der Waals surface area contributed by atoms with E-state index < -0.39 is 6.04 Å². The normalized spacial score (nSPS) is 13.8. The Kier molecular flexibility index (Phi) is 7.45. The van der Waals surface area contributed by atoms with Crippen LogP contribution in [0.4, 0.5) is 15.9 Å². The maximum Gasteiger partial charge on any atom is 0.240 e. The molecule has 35 heavy (non-hydrogen) atoms. The molecule has 0 aliphatic carbocycles. The Morgan fingerprint density at radius 2 is 1.83 bits per heavy atom. The van der Waals surface area contributed by atoms with E-state index in [0.29, 0.717) is 31.2 Å². The van der Waals surface area contributed by atoms with E-state index in [9.17, 15) is 14.0 Å². The molecule has 2 heterocycles. The summed E-state index contributed by atoms with van der Waals surface area (Å²) in [5, 5.41) is 6.21. The smallest absolute Gasteiger partial charge is 0.240 e. The van der Waals surface area contributed by atoms with Gasteiger partial charge in [-0.2, -0.15) is 0 Å². The van der Waals surface area contributed by atoms with E-state index in [1.807, 2.05) is 42.7 Å². The number of imidazole rings is 1. The van der Waals surface area contributed by atoms with Crippen molar-refractivity contribution in [2.75, 3.05) is 18.4 Å². The lowest BCUT2D eigenvalue weighted by Crippen LogP contribution is -2.48. The standard InChI is InChI=1S/C26H31FN6O2/c1-3-12-29-23(34)15-21(28)26(35)32-13-14-33-22(16-32)31-24(18-6-8-19(27)9-7-18)25(33)30-20-10-4-17(2)5-11-20/h4-11,21,30H,3,12-16,28H2,1-2H3,(H,29,34)/t21-/m0/s1. The number of aromatic nitrogens is 2. The lowest BCUT2D eigenvalue weighted by molar-refractivity contribution is -0.136. The zero-order valence-electron chi connectivity index (χ0n) is 20.1. The summed E-state index contributed by atoms with van der Waals surface area (Å²) in [5.41, 5.74) is 9.57. The van der Waals surface area contributed by atoms with E-state index in [4.69, 9.17) is 10.7 Å². The highest BCUT2D eigenvalue weighted by Crippen LogP contribution is 2.33. The SMILES string of the molecule is CCCNC(=O)C[C@H](N)C(=O)N1CCn2c(nc(-c3ccc(F)cc3)c2Nc2ccc(C)cc2)C1. The van der Waals surface area contributed by atoms with Crippen molar-refractivity contribution < 1.29 is 14.0 Å². The summed E-state index contributed by atoms with van der Waals surface area (Å²) in [7, 11) is 0. The first kappa shape index (κ1) is 24.4. The van der Waals surface area contributed by atoms with E-state index >= 15 is 0 Å². The molecule has 1 aromatic heterocycles. The summed E-state index contributed by atoms with van der Waals surface area (Å²) in [6.45, 7) is 5.77. The number of carbonyl (C=O) groups is 2. The van der Waals surface area contributed by atoms with Gasteiger partial charge in [-0.1, -0.05) is 24.6 Å². The van der Waals surface area contributed by atoms with Crippen molar-refractivity contribution in [1.29, 1.82) is 0 Å². The van der Waals surface area contributed by atoms with Gasteiger partial charge in [-0.3, -0.25) is 9.59 Å². The molecule has 4 rings (SSSR count). The zero-order chi connectivity index (χ0) is 24.9. The molecule has 0 unspecified atom stereocenters. The van der Waals surface area contributed by atoms with Gasteiger partial charge < -0.3 is 25.8 Å². The van der Waals surface area contributed by atoms with Crippen LogP contribution in [0, 0.1) is 12.7 Å². The van der Waals surface area contributed by atoms with Crippen LogP contribution in [0.1, 0.15) is 31.2 Å². The Morgan fingerprint density at radius 3 is 2.51 bits per heavy atom. The molecule has 0 fully saturated rings. The largest absolute Gasteiger partial charge is 0.356 e. The average Bonchev–Trinajstić information content (AvgIpc) is 3.21. The van der Waals surface area contributed by atoms with Crippen molar-refractivity contribution >= 4 is 23.3 Å². The van der Waals surface area contributed by atoms with Crippen LogP contribution < -0.4 is 16.4 Å². The van der Waals surface area contributed by atoms with Crippen LogP contribution in [-0.2, 0) is 22.7 Å². The number of rotatable bonds is 8. The molecule has 8 nitrogen and oxygen atoms in total. The second-order valence-electron chi connectivity index (χ2n) is 8.80. The summed E-state index contributed by atoms with van der Waals surface area (Å²) in [6.07, 6.45) is 0.768. The molecule has 2 amide bonds. The number of nitrogens with one attached hydrogen (secondary N) is 2. The topological polar surface area (TPSA) is 105 Å². The third kappa shape index (κ3) is 5.68. The third-order valence-electron chi connectivity index (χ3n) is 6.01. The number of halogens is 1. The molecule has 0 saturated heterocycles. The molecule has 2 aromatic carbocycles. The fourth-order valence-electron chi connectivity index (χ4n) is 4.09. The maximum atomic E-state index is 13.6. The van der Waals surface area contributed by atoms with Gasteiger partial charge in [0.25, 0.3) is 0 Å². The van der Waals surface area contributed by atoms with Gasteiger partial charge >= 0.3 is 0 Å². The lowest BCUT2D eigenvalue weighted by atomic mass is 10.1. The number of nitrogens with zero attached hydrogens (tertiary/aromatic N) is 3. The van der Waals surface area contributed by atoms with E-state index in [2.05, 4.69) is 10.6 Å². The number of anilines is 2. The van der Waals surface area contributed by atoms with Crippen molar-refractivity contribution in [3.05, 3.63) is 65.7 Å². The molecule has 1 aliphatic rings. The first-order valence-electron chi connectivity index (χ1n) is 11.9. The monoisotopic (exact) mass is 478 g/mol. The second-order valence-corrected chi connectivity index (χ2v) is 8.80. The summed E-state index contributed by atoms with van der Waals surface area (Å²) in [6, 6.07) is 13.3. The molecule has 184 valence electrons. The molecule has 0 saturated carbocycles. The van der Waals surface area contributed by atoms with Gasteiger partial charge in [0.05, 0.1) is 19.0 Å². The highest BCUT2D eigenvalue weighted by Gasteiger charge is 2.30. The predicted molar refractivity (Wildman–Crippen MR) is 133 cm³/mol. The Balaban J connectivity index is 1.58. The predicted octanol–water partition coefficient (Wildman–Crippen LogP) is 3.33. The fourth-order valence-corrected chi connectivity index (χ4v) is 4.09. The van der Waals surface area contributed by atoms with Gasteiger partial charge in [0, 0.05) is 30.9 Å². The van der Waals surface area contributed by atoms with Crippen LogP contribution in [0.25, 0.3) is 11.3 Å². The van der Waals surface area contributed by atoms with Gasteiger partial charge in [0.15, 0.2) is 0 Å². The second kappa shape index (κ2) is 10.7. The minimum absolute atomic E-state index is 0.0508. The van der Waals surface area contributed by atoms with E-state index in [0.717, 1.165) is 29.1 Å². The number of amides is 2. The van der Waals surface area contributed by atoms with Gasteiger partial charge in [0.2, 0.25) is 11.8 Å². The minimum atomic E-state index is -0.907. The first-order valence-corrected chi connectivity index (χ1v) is 11.9. The number of hydrogen-bond donors (Lipinski definition) is 3. The summed E-state index contributed by atoms with van der Waals surface area (Å²) in [5.74, 6) is 0.656. The molecule has 1 atom stereocenters. The van der Waals surface area contributed by atoms with Gasteiger partial charge in [0.1, 0.15) is 23.2 Å². The number of hydrogen-bond acceptors (Lipinski definition) is 5. The Morgan fingerprint density at radius 1 is 1.11 bits per heavy atom. The molecule has 0 radical (unpaired) electrons. The van der Waals surface area contributed by atoms with Crippen LogP contribution >= 0.6 is 0 Å². The molecule has 9 heteroatoms. The third-order valence-corrected chi connectivity index (χ3v) is 6.01. The highest BCUT2D eigenvalue weighted by molar-refractivity contribution is 5.88. The lowest BCUT2D eigenvalue weighted by Gasteiger charge is -2.30. The van der Waals surface area contributed by atoms with Gasteiger partial charge in [-0.05, 0) is 49.7 Å². The van der Waals surface area contributed by atoms with E-state index in [1.165, 1.54) is 12.1 Å². The number of benzene rings is 2. The maximum absolute atomic E-state index is 13.6. The van der Waals surface area contributed by atoms with Crippen molar-refractivity contribution in [3.8, 4) is 11.3 Å². The summed E-state index contributed by atoms with van der Waals surface area (Å²) in [4.78, 5) is 31.4. The first-order chi connectivity index (χ1) is 16.9. The summed E-state index contributed by atoms with van der Waals surface area (Å²) < 4.78 is 15.6. The van der Waals surface area contributed by atoms with Crippen LogP contribution in [0.15, 0.2) is 48.5 Å². The molecular formula is C26H31FN6O2. The quantitative estimate of drug-likeness (QED) is 0.461. The number of carbonyl (C=O) groups excluding carboxylic acids is 2. The van der Waals surface area contributed by atoms with Crippen molar-refractivity contribution in [2.24, 2.45) is 5.73 Å². The van der Waals surface area contributed by atoms with E-state index in [-0.39, 0.29) is 30.6 Å². The van der Waals surface area contributed by atoms with Crippen LogP contribution in [0.2, 0.25) is 0 Å². The molecular weight excluding hydrogens is 447 g/mol. The van der Waals surface area contributed by atoms with Gasteiger partial charge in [-0.15, -0.1) is 0 Å². The fraction of sp³-hybridized carbons (Fsp3) is 0.346. The summed E-state index contributed by atoms with van der Waals surface area (Å²) >= 11 is 0. The molecule has 3 aromatic rings. The van der Waals surface area contributed by atoms with Crippen LogP contribution in [-0.4, -0.2) is 45.4 Å². The molecule has 4 N–H and O–H groups in total. The van der Waals surface area contributed by atoms with Crippen molar-refractivity contribution in [3.63, 3.8) is 0 Å². The minimum Gasteiger partial charge on any atom is -0.356 e. The zero-order valence-corrected chi connectivity index (χ0v) is 20.1. The number of fused-ring (bicyclic) bond motifs is 1. The van der Waals surface area contributed by atoms with Crippen molar-refractivity contribution in [2.45, 2.75) is 45.8 Å². The average molecular weight is 479 g/mol.